The Morgan fingerprint density at radius 1 is 1.32 bits per heavy atom. The number of carboxylic acid groups (broad SMARTS) is 1. The monoisotopic (exact) mass is 293 g/mol. The van der Waals surface area contributed by atoms with Gasteiger partial charge in [0.25, 0.3) is 0 Å². The van der Waals surface area contributed by atoms with Gasteiger partial charge in [0.2, 0.25) is 10.0 Å². The van der Waals surface area contributed by atoms with Crippen LogP contribution in [0.2, 0.25) is 0 Å². The van der Waals surface area contributed by atoms with Crippen LogP contribution in [0.15, 0.2) is 0 Å². The number of nitrogens with zero attached hydrogens (tertiary/aromatic N) is 1. The highest BCUT2D eigenvalue weighted by Gasteiger charge is 2.36. The summed E-state index contributed by atoms with van der Waals surface area (Å²) in [4.78, 5) is 24.1. The minimum atomic E-state index is -3.26. The lowest BCUT2D eigenvalue weighted by molar-refractivity contribution is -0.142. The Balaban J connectivity index is 2.34. The number of rotatable bonds is 5. The molecule has 2 atom stereocenters. The molecule has 2 amide bonds. The van der Waals surface area contributed by atoms with Crippen LogP contribution in [0.1, 0.15) is 6.92 Å². The first-order valence-corrected chi connectivity index (χ1v) is 7.80. The second-order valence-corrected chi connectivity index (χ2v) is 6.56. The first-order chi connectivity index (χ1) is 8.70. The fraction of sp³-hybridized carbons (Fsp3) is 0.800. The highest BCUT2D eigenvalue weighted by atomic mass is 32.2. The van der Waals surface area contributed by atoms with Gasteiger partial charge in [-0.25, -0.2) is 17.9 Å². The topological polar surface area (TPSA) is 116 Å². The summed E-state index contributed by atoms with van der Waals surface area (Å²) in [5.41, 5.74) is 0. The Labute approximate surface area is 112 Å². The molecule has 9 heteroatoms. The van der Waals surface area contributed by atoms with Crippen molar-refractivity contribution in [1.29, 1.82) is 0 Å². The molecule has 1 heterocycles. The fourth-order valence-electron chi connectivity index (χ4n) is 1.97. The highest BCUT2D eigenvalue weighted by molar-refractivity contribution is 7.88. The van der Waals surface area contributed by atoms with Crippen LogP contribution in [0.3, 0.4) is 0 Å². The van der Waals surface area contributed by atoms with Crippen LogP contribution >= 0.6 is 0 Å². The predicted molar refractivity (Wildman–Crippen MR) is 68.1 cm³/mol. The van der Waals surface area contributed by atoms with Gasteiger partial charge in [0.15, 0.2) is 0 Å². The molecule has 0 aliphatic carbocycles. The van der Waals surface area contributed by atoms with Crippen LogP contribution in [0.5, 0.6) is 0 Å². The number of hydrogen-bond acceptors (Lipinski definition) is 4. The van der Waals surface area contributed by atoms with E-state index in [4.69, 9.17) is 5.11 Å². The maximum atomic E-state index is 11.7. The van der Waals surface area contributed by atoms with Crippen molar-refractivity contribution in [3.63, 3.8) is 0 Å². The molecule has 1 saturated heterocycles. The van der Waals surface area contributed by atoms with Crippen molar-refractivity contribution in [2.75, 3.05) is 32.4 Å². The van der Waals surface area contributed by atoms with Gasteiger partial charge in [-0.05, 0) is 5.92 Å². The third-order valence-corrected chi connectivity index (χ3v) is 3.71. The van der Waals surface area contributed by atoms with Gasteiger partial charge in [-0.3, -0.25) is 4.79 Å². The van der Waals surface area contributed by atoms with E-state index in [1.807, 2.05) is 0 Å². The molecule has 8 nitrogen and oxygen atoms in total. The number of carbonyl (C=O) groups excluding carboxylic acids is 1. The van der Waals surface area contributed by atoms with Gasteiger partial charge in [0.05, 0.1) is 12.2 Å². The van der Waals surface area contributed by atoms with Gasteiger partial charge in [0, 0.05) is 26.2 Å². The van der Waals surface area contributed by atoms with Crippen LogP contribution < -0.4 is 10.0 Å². The number of likely N-dealkylation sites (tertiary alicyclic amines) is 1. The summed E-state index contributed by atoms with van der Waals surface area (Å²) in [7, 11) is -3.26. The molecule has 0 bridgehead atoms. The molecule has 0 aromatic carbocycles. The molecule has 0 aromatic heterocycles. The van der Waals surface area contributed by atoms with E-state index in [2.05, 4.69) is 10.0 Å². The summed E-state index contributed by atoms with van der Waals surface area (Å²) >= 11 is 0. The van der Waals surface area contributed by atoms with Crippen LogP contribution in [0.4, 0.5) is 4.79 Å². The standard InChI is InChI=1S/C10H19N3O5S/c1-7-5-13(6-8(7)9(14)15)10(16)11-3-4-12-19(2,17)18/h7-8,12H,3-6H2,1-2H3,(H,11,16)(H,14,15)/t7-,8-/m1/s1. The van der Waals surface area contributed by atoms with Crippen LogP contribution in [-0.4, -0.2) is 62.9 Å². The lowest BCUT2D eigenvalue weighted by Crippen LogP contribution is -2.42. The number of nitrogens with one attached hydrogen (secondary N) is 2. The zero-order chi connectivity index (χ0) is 14.6. The van der Waals surface area contributed by atoms with E-state index in [0.717, 1.165) is 6.26 Å². The van der Waals surface area contributed by atoms with Crippen LogP contribution in [-0.2, 0) is 14.8 Å². The Morgan fingerprint density at radius 2 is 1.95 bits per heavy atom. The van der Waals surface area contributed by atoms with E-state index in [1.165, 1.54) is 4.90 Å². The molecular formula is C10H19N3O5S. The highest BCUT2D eigenvalue weighted by Crippen LogP contribution is 2.22. The first kappa shape index (κ1) is 15.7. The Hall–Kier alpha value is -1.35. The Kier molecular flexibility index (Phi) is 5.12. The molecule has 3 N–H and O–H groups in total. The largest absolute Gasteiger partial charge is 0.481 e. The van der Waals surface area contributed by atoms with Gasteiger partial charge >= 0.3 is 12.0 Å². The molecule has 1 rings (SSSR count). The molecule has 110 valence electrons. The average molecular weight is 293 g/mol. The van der Waals surface area contributed by atoms with Gasteiger partial charge in [-0.1, -0.05) is 6.92 Å². The molecule has 1 fully saturated rings. The summed E-state index contributed by atoms with van der Waals surface area (Å²) in [5, 5.41) is 11.5. The zero-order valence-corrected chi connectivity index (χ0v) is 11.7. The van der Waals surface area contributed by atoms with Crippen molar-refractivity contribution in [2.45, 2.75) is 6.92 Å². The second-order valence-electron chi connectivity index (χ2n) is 4.73. The number of sulfonamides is 1. The Morgan fingerprint density at radius 3 is 2.42 bits per heavy atom. The van der Waals surface area contributed by atoms with Gasteiger partial charge in [0.1, 0.15) is 0 Å². The predicted octanol–water partition coefficient (Wildman–Crippen LogP) is -1.10. The molecule has 0 saturated carbocycles. The lowest BCUT2D eigenvalue weighted by atomic mass is 9.99. The summed E-state index contributed by atoms with van der Waals surface area (Å²) < 4.78 is 23.8. The normalized spacial score (nSPS) is 23.4. The minimum absolute atomic E-state index is 0.0857. The maximum absolute atomic E-state index is 11.7. The van der Waals surface area contributed by atoms with Crippen molar-refractivity contribution in [3.05, 3.63) is 0 Å². The van der Waals surface area contributed by atoms with Crippen molar-refractivity contribution in [3.8, 4) is 0 Å². The number of aliphatic carboxylic acids is 1. The molecule has 0 unspecified atom stereocenters. The molecule has 0 aromatic rings. The van der Waals surface area contributed by atoms with E-state index in [-0.39, 0.29) is 31.6 Å². The van der Waals surface area contributed by atoms with Crippen molar-refractivity contribution in [1.82, 2.24) is 14.9 Å². The molecule has 0 spiro atoms. The third-order valence-electron chi connectivity index (χ3n) is 2.98. The number of hydrogen-bond donors (Lipinski definition) is 3. The van der Waals surface area contributed by atoms with Crippen LogP contribution in [0, 0.1) is 11.8 Å². The minimum Gasteiger partial charge on any atom is -0.481 e. The van der Waals surface area contributed by atoms with Crippen molar-refractivity contribution in [2.24, 2.45) is 11.8 Å². The van der Waals surface area contributed by atoms with Gasteiger partial charge < -0.3 is 15.3 Å². The molecule has 0 radical (unpaired) electrons. The number of amides is 2. The van der Waals surface area contributed by atoms with Crippen molar-refractivity contribution >= 4 is 22.0 Å². The Bertz CT molecular complexity index is 450. The van der Waals surface area contributed by atoms with Crippen LogP contribution in [0.25, 0.3) is 0 Å². The molecule has 19 heavy (non-hydrogen) atoms. The first-order valence-electron chi connectivity index (χ1n) is 5.91. The summed E-state index contributed by atoms with van der Waals surface area (Å²) in [6.45, 7) is 2.63. The van der Waals surface area contributed by atoms with E-state index < -0.39 is 21.9 Å². The van der Waals surface area contributed by atoms with Gasteiger partial charge in [-0.15, -0.1) is 0 Å². The smallest absolute Gasteiger partial charge is 0.317 e. The van der Waals surface area contributed by atoms with Gasteiger partial charge in [-0.2, -0.15) is 0 Å². The van der Waals surface area contributed by atoms with E-state index in [1.54, 1.807) is 6.92 Å². The van der Waals surface area contributed by atoms with Crippen molar-refractivity contribution < 1.29 is 23.1 Å². The van der Waals surface area contributed by atoms with E-state index in [0.29, 0.717) is 6.54 Å². The number of urea groups is 1. The second kappa shape index (κ2) is 6.20. The molecule has 1 aliphatic heterocycles. The number of carbonyl (C=O) groups is 2. The molecule has 1 aliphatic rings. The van der Waals surface area contributed by atoms with E-state index >= 15 is 0 Å². The summed E-state index contributed by atoms with van der Waals surface area (Å²) in [6, 6.07) is -0.370. The zero-order valence-electron chi connectivity index (χ0n) is 10.9. The summed E-state index contributed by atoms with van der Waals surface area (Å²) in [5.74, 6) is -1.53. The molecular weight excluding hydrogens is 274 g/mol. The fourth-order valence-corrected chi connectivity index (χ4v) is 2.44. The third kappa shape index (κ3) is 5.03. The maximum Gasteiger partial charge on any atom is 0.317 e. The van der Waals surface area contributed by atoms with E-state index in [9.17, 15) is 18.0 Å². The summed E-state index contributed by atoms with van der Waals surface area (Å²) in [6.07, 6.45) is 1.04. The number of carboxylic acids is 1. The SMILES string of the molecule is C[C@@H]1CN(C(=O)NCCNS(C)(=O)=O)C[C@H]1C(=O)O. The average Bonchev–Trinajstić information content (AvgIpc) is 2.65. The lowest BCUT2D eigenvalue weighted by Gasteiger charge is -2.16. The quantitative estimate of drug-likeness (QED) is 0.556.